The van der Waals surface area contributed by atoms with Gasteiger partial charge in [0.15, 0.2) is 0 Å². The maximum absolute atomic E-state index is 12.3. The van der Waals surface area contributed by atoms with Crippen molar-refractivity contribution in [3.8, 4) is 0 Å². The van der Waals surface area contributed by atoms with E-state index in [2.05, 4.69) is 12.2 Å². The highest BCUT2D eigenvalue weighted by Gasteiger charge is 2.66. The quantitative estimate of drug-likeness (QED) is 0.541. The van der Waals surface area contributed by atoms with Crippen LogP contribution < -0.4 is 0 Å². The first-order valence-corrected chi connectivity index (χ1v) is 6.38. The van der Waals surface area contributed by atoms with E-state index in [1.807, 2.05) is 0 Å². The molecule has 1 heterocycles. The molecule has 90 valence electrons. The van der Waals surface area contributed by atoms with Crippen LogP contribution in [0.5, 0.6) is 0 Å². The summed E-state index contributed by atoms with van der Waals surface area (Å²) < 4.78 is 0. The normalized spacial score (nSPS) is 49.6. The Hall–Kier alpha value is -1.16. The van der Waals surface area contributed by atoms with E-state index >= 15 is 0 Å². The molecule has 1 aliphatic heterocycles. The molecule has 2 amide bonds. The number of aliphatic hydroxyl groups excluding tert-OH is 1. The lowest BCUT2D eigenvalue weighted by Gasteiger charge is -2.37. The molecule has 0 aromatic rings. The molecule has 0 aromatic heterocycles. The molecule has 6 atom stereocenters. The Kier molecular flexibility index (Phi) is 1.73. The number of imide groups is 1. The molecule has 2 bridgehead atoms. The molecule has 0 spiro atoms. The number of hydrogen-bond acceptors (Lipinski definition) is 3. The predicted molar refractivity (Wildman–Crippen MR) is 58.5 cm³/mol. The summed E-state index contributed by atoms with van der Waals surface area (Å²) in [6, 6.07) is 0. The minimum atomic E-state index is -0.132. The number of amides is 2. The van der Waals surface area contributed by atoms with E-state index in [0.29, 0.717) is 11.8 Å². The van der Waals surface area contributed by atoms with Crippen molar-refractivity contribution in [2.75, 3.05) is 13.2 Å². The van der Waals surface area contributed by atoms with Gasteiger partial charge in [0.05, 0.1) is 25.0 Å². The van der Waals surface area contributed by atoms with Gasteiger partial charge in [-0.3, -0.25) is 14.5 Å². The van der Waals surface area contributed by atoms with E-state index in [-0.39, 0.29) is 48.6 Å². The van der Waals surface area contributed by atoms with Crippen LogP contribution in [-0.4, -0.2) is 35.0 Å². The smallest absolute Gasteiger partial charge is 0.233 e. The number of hydrogen-bond donors (Lipinski definition) is 1. The maximum Gasteiger partial charge on any atom is 0.233 e. The summed E-state index contributed by atoms with van der Waals surface area (Å²) in [6.45, 7) is 0.0337. The molecule has 5 rings (SSSR count). The van der Waals surface area contributed by atoms with Gasteiger partial charge >= 0.3 is 0 Å². The first-order chi connectivity index (χ1) is 8.24. The third-order valence-corrected chi connectivity index (χ3v) is 5.08. The van der Waals surface area contributed by atoms with E-state index in [9.17, 15) is 9.59 Å². The van der Waals surface area contributed by atoms with E-state index in [4.69, 9.17) is 5.11 Å². The highest BCUT2D eigenvalue weighted by Crippen LogP contribution is 2.65. The van der Waals surface area contributed by atoms with Crippen molar-refractivity contribution in [3.63, 3.8) is 0 Å². The van der Waals surface area contributed by atoms with Crippen molar-refractivity contribution in [2.45, 2.75) is 6.42 Å². The molecule has 1 saturated heterocycles. The molecule has 4 aliphatic carbocycles. The number of β-amino-alcohol motifs (C(OH)–C–C–N with tert-alkyl or cyclic N) is 1. The largest absolute Gasteiger partial charge is 0.395 e. The van der Waals surface area contributed by atoms with Crippen LogP contribution in [0.15, 0.2) is 12.2 Å². The average molecular weight is 233 g/mol. The second kappa shape index (κ2) is 2.99. The molecular weight excluding hydrogens is 218 g/mol. The van der Waals surface area contributed by atoms with Crippen LogP contribution in [0.25, 0.3) is 0 Å². The van der Waals surface area contributed by atoms with Gasteiger partial charge in [-0.05, 0) is 30.1 Å². The monoisotopic (exact) mass is 233 g/mol. The Morgan fingerprint density at radius 3 is 2.12 bits per heavy atom. The summed E-state index contributed by atoms with van der Waals surface area (Å²) >= 11 is 0. The molecule has 4 nitrogen and oxygen atoms in total. The van der Waals surface area contributed by atoms with E-state index in [0.717, 1.165) is 0 Å². The zero-order chi connectivity index (χ0) is 11.7. The van der Waals surface area contributed by atoms with Gasteiger partial charge in [0.2, 0.25) is 11.8 Å². The minimum Gasteiger partial charge on any atom is -0.395 e. The highest BCUT2D eigenvalue weighted by molar-refractivity contribution is 6.06. The number of aliphatic hydroxyl groups is 1. The predicted octanol–water partition coefficient (Wildman–Crippen LogP) is 0.0318. The Labute approximate surface area is 99.3 Å². The summed E-state index contributed by atoms with van der Waals surface area (Å²) in [7, 11) is 0. The minimum absolute atomic E-state index is 0.0428. The van der Waals surface area contributed by atoms with Gasteiger partial charge < -0.3 is 5.11 Å². The Morgan fingerprint density at radius 2 is 1.65 bits per heavy atom. The molecule has 0 radical (unpaired) electrons. The number of allylic oxidation sites excluding steroid dienone is 2. The van der Waals surface area contributed by atoms with E-state index in [1.54, 1.807) is 0 Å². The van der Waals surface area contributed by atoms with Crippen LogP contribution in [0.4, 0.5) is 0 Å². The molecule has 3 fully saturated rings. The van der Waals surface area contributed by atoms with Crippen molar-refractivity contribution >= 4 is 11.8 Å². The summed E-state index contributed by atoms with van der Waals surface area (Å²) in [6.07, 6.45) is 5.51. The first kappa shape index (κ1) is 9.83. The van der Waals surface area contributed by atoms with Gasteiger partial charge in [-0.1, -0.05) is 12.2 Å². The van der Waals surface area contributed by atoms with Gasteiger partial charge in [0.1, 0.15) is 0 Å². The van der Waals surface area contributed by atoms with Crippen molar-refractivity contribution in [3.05, 3.63) is 12.2 Å². The summed E-state index contributed by atoms with van der Waals surface area (Å²) in [4.78, 5) is 25.8. The second-order valence-electron chi connectivity index (χ2n) is 5.71. The van der Waals surface area contributed by atoms with Gasteiger partial charge in [-0.2, -0.15) is 0 Å². The molecule has 4 heteroatoms. The number of rotatable bonds is 2. The number of nitrogens with zero attached hydrogens (tertiary/aromatic N) is 1. The molecular formula is C13H15NO3. The SMILES string of the molecule is O=C1[C@@H]2[C@H]3C=C[C@@H]([C@H]4C[C@H]34)[C@H]2C(=O)N1CCO. The lowest BCUT2D eigenvalue weighted by molar-refractivity contribution is -0.140. The van der Waals surface area contributed by atoms with Gasteiger partial charge in [-0.25, -0.2) is 0 Å². The molecule has 0 aromatic carbocycles. The van der Waals surface area contributed by atoms with Crippen LogP contribution in [0, 0.1) is 35.5 Å². The van der Waals surface area contributed by atoms with E-state index < -0.39 is 0 Å². The lowest BCUT2D eigenvalue weighted by Crippen LogP contribution is -2.40. The third-order valence-electron chi connectivity index (χ3n) is 5.08. The maximum atomic E-state index is 12.3. The van der Waals surface area contributed by atoms with Crippen LogP contribution >= 0.6 is 0 Å². The number of likely N-dealkylation sites (tertiary alicyclic amines) is 1. The summed E-state index contributed by atoms with van der Waals surface area (Å²) in [5, 5.41) is 8.94. The Balaban J connectivity index is 1.74. The first-order valence-electron chi connectivity index (χ1n) is 6.38. The lowest BCUT2D eigenvalue weighted by atomic mass is 9.63. The van der Waals surface area contributed by atoms with Crippen molar-refractivity contribution < 1.29 is 14.7 Å². The highest BCUT2D eigenvalue weighted by atomic mass is 16.3. The van der Waals surface area contributed by atoms with Crippen molar-refractivity contribution in [1.82, 2.24) is 4.90 Å². The van der Waals surface area contributed by atoms with Gasteiger partial charge in [0, 0.05) is 0 Å². The van der Waals surface area contributed by atoms with Crippen molar-refractivity contribution in [1.29, 1.82) is 0 Å². The molecule has 1 N–H and O–H groups in total. The molecule has 0 unspecified atom stereocenters. The molecule has 2 saturated carbocycles. The fourth-order valence-corrected chi connectivity index (χ4v) is 4.34. The van der Waals surface area contributed by atoms with Crippen LogP contribution in [0.3, 0.4) is 0 Å². The zero-order valence-electron chi connectivity index (χ0n) is 9.45. The standard InChI is InChI=1S/C13H15NO3/c15-4-3-14-12(16)10-6-1-2-7(9-5-8(6)9)11(10)13(14)17/h1-2,6-11,15H,3-5H2/t6-,7-,8+,9+,10+,11+/m0/s1. The van der Waals surface area contributed by atoms with Crippen LogP contribution in [0.1, 0.15) is 6.42 Å². The molecule has 17 heavy (non-hydrogen) atoms. The number of carbonyl (C=O) groups excluding carboxylic acids is 2. The Bertz CT molecular complexity index is 408. The van der Waals surface area contributed by atoms with Gasteiger partial charge in [-0.15, -0.1) is 0 Å². The zero-order valence-corrected chi connectivity index (χ0v) is 9.45. The second-order valence-corrected chi connectivity index (χ2v) is 5.71. The fraction of sp³-hybridized carbons (Fsp3) is 0.692. The van der Waals surface area contributed by atoms with Gasteiger partial charge in [0.25, 0.3) is 0 Å². The molecule has 5 aliphatic rings. The van der Waals surface area contributed by atoms with Crippen molar-refractivity contribution in [2.24, 2.45) is 35.5 Å². The Morgan fingerprint density at radius 1 is 1.12 bits per heavy atom. The van der Waals surface area contributed by atoms with Crippen LogP contribution in [-0.2, 0) is 9.59 Å². The summed E-state index contributed by atoms with van der Waals surface area (Å²) in [5.41, 5.74) is 0. The average Bonchev–Trinajstić information content (AvgIpc) is 3.11. The topological polar surface area (TPSA) is 57.6 Å². The van der Waals surface area contributed by atoms with E-state index in [1.165, 1.54) is 11.3 Å². The van der Waals surface area contributed by atoms with Crippen LogP contribution in [0.2, 0.25) is 0 Å². The third kappa shape index (κ3) is 1.03. The number of carbonyl (C=O) groups is 2. The summed E-state index contributed by atoms with van der Waals surface area (Å²) in [5.74, 6) is 1.55. The fourth-order valence-electron chi connectivity index (χ4n) is 4.34.